The van der Waals surface area contributed by atoms with Gasteiger partial charge in [0.2, 0.25) is 0 Å². The van der Waals surface area contributed by atoms with E-state index in [1.807, 2.05) is 49.4 Å². The lowest BCUT2D eigenvalue weighted by molar-refractivity contribution is -0.371. The van der Waals surface area contributed by atoms with E-state index < -0.39 is 0 Å². The molecule has 0 aliphatic carbocycles. The zero-order chi connectivity index (χ0) is 25.9. The molecule has 37 heavy (non-hydrogen) atoms. The smallest absolute Gasteiger partial charge is 0.261 e. The zero-order valence-electron chi connectivity index (χ0n) is 20.7. The van der Waals surface area contributed by atoms with E-state index in [-0.39, 0.29) is 17.4 Å². The Balaban J connectivity index is 1.62. The molecule has 1 aliphatic rings. The van der Waals surface area contributed by atoms with Crippen molar-refractivity contribution in [2.75, 3.05) is 19.6 Å². The maximum atomic E-state index is 13.8. The number of aryl methyl sites for hydroxylation is 1. The van der Waals surface area contributed by atoms with Crippen molar-refractivity contribution in [2.24, 2.45) is 5.73 Å². The largest absolute Gasteiger partial charge is 0.508 e. The Bertz CT molecular complexity index is 1460. The van der Waals surface area contributed by atoms with E-state index in [0.717, 1.165) is 11.1 Å². The number of hydroxylamine groups is 4. The van der Waals surface area contributed by atoms with Gasteiger partial charge >= 0.3 is 0 Å². The van der Waals surface area contributed by atoms with Crippen molar-refractivity contribution in [1.29, 1.82) is 0 Å². The van der Waals surface area contributed by atoms with Crippen LogP contribution in [0.25, 0.3) is 10.9 Å². The molecule has 0 radical (unpaired) electrons. The molecule has 0 bridgehead atoms. The molecule has 1 atom stereocenters. The third kappa shape index (κ3) is 5.53. The van der Waals surface area contributed by atoms with E-state index in [9.17, 15) is 9.90 Å². The molecule has 8 nitrogen and oxygen atoms in total. The lowest BCUT2D eigenvalue weighted by Gasteiger charge is -2.40. The molecule has 0 amide bonds. The first kappa shape index (κ1) is 25.4. The molecule has 0 spiro atoms. The number of rotatable bonds is 7. The van der Waals surface area contributed by atoms with Gasteiger partial charge in [-0.25, -0.2) is 9.92 Å². The number of hydrogen-bond acceptors (Lipinski definition) is 7. The summed E-state index contributed by atoms with van der Waals surface area (Å²) in [6, 6.07) is 20.2. The number of phenolic OH excluding ortho intramolecular Hbond substituents is 1. The minimum Gasteiger partial charge on any atom is -0.508 e. The van der Waals surface area contributed by atoms with Crippen LogP contribution >= 0.6 is 11.6 Å². The number of fused-ring (bicyclic) bond motifs is 1. The number of aromatic nitrogens is 2. The zero-order valence-corrected chi connectivity index (χ0v) is 21.4. The third-order valence-electron chi connectivity index (χ3n) is 6.59. The van der Waals surface area contributed by atoms with Gasteiger partial charge in [0.15, 0.2) is 0 Å². The average Bonchev–Trinajstić information content (AvgIpc) is 2.88. The summed E-state index contributed by atoms with van der Waals surface area (Å²) in [5.41, 5.74) is 8.87. The molecule has 1 aliphatic heterocycles. The second-order valence-electron chi connectivity index (χ2n) is 9.32. The van der Waals surface area contributed by atoms with E-state index in [0.29, 0.717) is 66.5 Å². The lowest BCUT2D eigenvalue weighted by Crippen LogP contribution is -2.47. The van der Waals surface area contributed by atoms with Gasteiger partial charge < -0.3 is 10.8 Å². The molecule has 192 valence electrons. The first-order chi connectivity index (χ1) is 17.9. The molecule has 3 aromatic carbocycles. The summed E-state index contributed by atoms with van der Waals surface area (Å²) in [5.74, 6) is 0.779. The van der Waals surface area contributed by atoms with Crippen molar-refractivity contribution in [1.82, 2.24) is 19.7 Å². The Labute approximate surface area is 220 Å². The third-order valence-corrected chi connectivity index (χ3v) is 6.83. The van der Waals surface area contributed by atoms with Crippen LogP contribution in [0.2, 0.25) is 5.02 Å². The Morgan fingerprint density at radius 2 is 1.92 bits per heavy atom. The minimum atomic E-state index is -0.352. The summed E-state index contributed by atoms with van der Waals surface area (Å²) in [5, 5.41) is 15.2. The van der Waals surface area contributed by atoms with E-state index in [1.54, 1.807) is 39.0 Å². The maximum Gasteiger partial charge on any atom is 0.261 e. The summed E-state index contributed by atoms with van der Waals surface area (Å²) in [6.07, 6.45) is 0.653. The quantitative estimate of drug-likeness (QED) is 0.378. The van der Waals surface area contributed by atoms with E-state index in [2.05, 4.69) is 0 Å². The molecule has 1 saturated heterocycles. The average molecular weight is 520 g/mol. The fourth-order valence-electron chi connectivity index (χ4n) is 4.71. The van der Waals surface area contributed by atoms with Crippen LogP contribution in [0.1, 0.15) is 35.0 Å². The van der Waals surface area contributed by atoms with Crippen molar-refractivity contribution in [3.05, 3.63) is 105 Å². The second-order valence-corrected chi connectivity index (χ2v) is 9.76. The summed E-state index contributed by atoms with van der Waals surface area (Å²) in [6.45, 7) is 4.21. The topological polar surface area (TPSA) is 96.9 Å². The number of nitrogens with two attached hydrogens (primary N) is 1. The van der Waals surface area contributed by atoms with E-state index in [1.165, 1.54) is 0 Å². The van der Waals surface area contributed by atoms with Gasteiger partial charge in [-0.05, 0) is 48.7 Å². The van der Waals surface area contributed by atoms with Gasteiger partial charge in [0, 0.05) is 30.2 Å². The molecular weight excluding hydrogens is 490 g/mol. The first-order valence-electron chi connectivity index (χ1n) is 12.3. The molecule has 9 heteroatoms. The van der Waals surface area contributed by atoms with Gasteiger partial charge in [0.25, 0.3) is 5.56 Å². The van der Waals surface area contributed by atoms with Crippen LogP contribution < -0.4 is 11.3 Å². The highest BCUT2D eigenvalue weighted by Crippen LogP contribution is 2.33. The van der Waals surface area contributed by atoms with Crippen LogP contribution in [-0.4, -0.2) is 44.4 Å². The van der Waals surface area contributed by atoms with Crippen LogP contribution in [-0.2, 0) is 18.0 Å². The van der Waals surface area contributed by atoms with E-state index in [4.69, 9.17) is 27.3 Å². The Morgan fingerprint density at radius 1 is 1.11 bits per heavy atom. The summed E-state index contributed by atoms with van der Waals surface area (Å²) < 4.78 is 1.72. The molecule has 1 fully saturated rings. The fourth-order valence-corrected chi connectivity index (χ4v) is 4.88. The Kier molecular flexibility index (Phi) is 7.55. The SMILES string of the molecule is Cc1ccc(CN2ON(CCN)CCC2c2nc3cc(Cl)ccc3c(=O)n2Cc2ccccc2)c(O)c1. The van der Waals surface area contributed by atoms with Crippen molar-refractivity contribution >= 4 is 22.5 Å². The number of benzene rings is 3. The van der Waals surface area contributed by atoms with Crippen molar-refractivity contribution in [2.45, 2.75) is 32.5 Å². The van der Waals surface area contributed by atoms with Gasteiger partial charge in [-0.15, -0.1) is 0 Å². The van der Waals surface area contributed by atoms with Crippen LogP contribution in [0.15, 0.2) is 71.5 Å². The summed E-state index contributed by atoms with van der Waals surface area (Å²) in [7, 11) is 0. The molecule has 0 saturated carbocycles. The molecule has 2 heterocycles. The van der Waals surface area contributed by atoms with E-state index >= 15 is 0 Å². The predicted molar refractivity (Wildman–Crippen MR) is 144 cm³/mol. The van der Waals surface area contributed by atoms with Gasteiger partial charge in [-0.2, -0.15) is 10.1 Å². The van der Waals surface area contributed by atoms with Crippen LogP contribution in [0.3, 0.4) is 0 Å². The number of phenols is 1. The fraction of sp³-hybridized carbons (Fsp3) is 0.286. The normalized spacial score (nSPS) is 16.9. The second kappa shape index (κ2) is 11.0. The van der Waals surface area contributed by atoms with Crippen LogP contribution in [0, 0.1) is 6.92 Å². The Hall–Kier alpha value is -3.27. The number of nitrogens with zero attached hydrogens (tertiary/aromatic N) is 4. The van der Waals surface area contributed by atoms with Crippen molar-refractivity contribution in [3.63, 3.8) is 0 Å². The molecular formula is C28H30ClN5O3. The predicted octanol–water partition coefficient (Wildman–Crippen LogP) is 4.17. The van der Waals surface area contributed by atoms with Crippen molar-refractivity contribution < 1.29 is 10.0 Å². The molecule has 1 unspecified atom stereocenters. The molecule has 1 aromatic heterocycles. The maximum absolute atomic E-state index is 13.8. The lowest BCUT2D eigenvalue weighted by atomic mass is 10.1. The standard InChI is InChI=1S/C28H30ClN5O3/c1-19-7-8-21(26(35)15-19)18-34-25(11-13-32(37-34)14-12-30)27-31-24-16-22(29)9-10-23(24)28(36)33(27)17-20-5-3-2-4-6-20/h2-10,15-16,25,35H,11-14,17-18,30H2,1H3. The van der Waals surface area contributed by atoms with Gasteiger partial charge in [0.1, 0.15) is 11.6 Å². The molecule has 3 N–H and O–H groups in total. The van der Waals surface area contributed by atoms with Gasteiger partial charge in [0.05, 0.1) is 30.0 Å². The first-order valence-corrected chi connectivity index (χ1v) is 12.7. The van der Waals surface area contributed by atoms with Gasteiger partial charge in [-0.3, -0.25) is 9.36 Å². The van der Waals surface area contributed by atoms with Gasteiger partial charge in [-0.1, -0.05) is 54.1 Å². The number of hydrogen-bond donors (Lipinski definition) is 2. The minimum absolute atomic E-state index is 0.136. The summed E-state index contributed by atoms with van der Waals surface area (Å²) in [4.78, 5) is 25.0. The highest BCUT2D eigenvalue weighted by Gasteiger charge is 2.34. The summed E-state index contributed by atoms with van der Waals surface area (Å²) >= 11 is 6.27. The van der Waals surface area contributed by atoms with Crippen molar-refractivity contribution in [3.8, 4) is 5.75 Å². The number of aromatic hydroxyl groups is 1. The monoisotopic (exact) mass is 519 g/mol. The Morgan fingerprint density at radius 3 is 2.68 bits per heavy atom. The highest BCUT2D eigenvalue weighted by atomic mass is 35.5. The molecule has 5 rings (SSSR count). The van der Waals surface area contributed by atoms with Crippen LogP contribution in [0.5, 0.6) is 5.75 Å². The van der Waals surface area contributed by atoms with Crippen LogP contribution in [0.4, 0.5) is 0 Å². The molecule has 4 aromatic rings. The number of halogens is 1. The highest BCUT2D eigenvalue weighted by molar-refractivity contribution is 6.31.